The highest BCUT2D eigenvalue weighted by atomic mass is 16.4. The molecule has 0 unspecified atom stereocenters. The van der Waals surface area contributed by atoms with Crippen LogP contribution in [0.1, 0.15) is 23.0 Å². The van der Waals surface area contributed by atoms with Gasteiger partial charge in [0.1, 0.15) is 5.82 Å². The van der Waals surface area contributed by atoms with Crippen LogP contribution >= 0.6 is 0 Å². The first-order valence-electron chi connectivity index (χ1n) is 7.82. The molecule has 23 heavy (non-hydrogen) atoms. The molecule has 0 bridgehead atoms. The van der Waals surface area contributed by atoms with E-state index in [0.29, 0.717) is 6.54 Å². The van der Waals surface area contributed by atoms with Gasteiger partial charge in [-0.2, -0.15) is 0 Å². The summed E-state index contributed by atoms with van der Waals surface area (Å²) in [6, 6.07) is 10.1. The minimum atomic E-state index is 0.704. The molecule has 1 aliphatic rings. The van der Waals surface area contributed by atoms with Gasteiger partial charge in [-0.15, -0.1) is 0 Å². The van der Waals surface area contributed by atoms with E-state index < -0.39 is 0 Å². The second-order valence-corrected chi connectivity index (χ2v) is 5.83. The molecule has 0 saturated heterocycles. The number of hydrogen-bond acceptors (Lipinski definition) is 5. The maximum atomic E-state index is 5.90. The van der Waals surface area contributed by atoms with Crippen LogP contribution in [0.5, 0.6) is 0 Å². The van der Waals surface area contributed by atoms with Crippen LogP contribution in [0, 0.1) is 6.92 Å². The highest BCUT2D eigenvalue weighted by Crippen LogP contribution is 2.22. The van der Waals surface area contributed by atoms with Crippen molar-refractivity contribution in [3.63, 3.8) is 0 Å². The van der Waals surface area contributed by atoms with Crippen molar-refractivity contribution < 1.29 is 4.42 Å². The van der Waals surface area contributed by atoms with Gasteiger partial charge in [-0.05, 0) is 18.9 Å². The van der Waals surface area contributed by atoms with Gasteiger partial charge >= 0.3 is 0 Å². The van der Waals surface area contributed by atoms with Crippen molar-refractivity contribution >= 4 is 0 Å². The van der Waals surface area contributed by atoms with Gasteiger partial charge in [0.25, 0.3) is 0 Å². The smallest absolute Gasteiger partial charge is 0.209 e. The molecule has 0 spiro atoms. The SMILES string of the molecule is Cc1ncc2c(n1)CN(Cc1ncc(-c3ccccc3)o1)CC2. The molecule has 0 N–H and O–H groups in total. The molecule has 3 aromatic rings. The van der Waals surface area contributed by atoms with Crippen molar-refractivity contribution in [1.82, 2.24) is 19.9 Å². The van der Waals surface area contributed by atoms with Crippen LogP contribution in [0.3, 0.4) is 0 Å². The summed E-state index contributed by atoms with van der Waals surface area (Å²) in [5.41, 5.74) is 3.43. The Hall–Kier alpha value is -2.53. The maximum Gasteiger partial charge on any atom is 0.209 e. The van der Waals surface area contributed by atoms with Gasteiger partial charge in [-0.25, -0.2) is 15.0 Å². The summed E-state index contributed by atoms with van der Waals surface area (Å²) in [6.07, 6.45) is 4.73. The van der Waals surface area contributed by atoms with E-state index in [4.69, 9.17) is 4.42 Å². The summed E-state index contributed by atoms with van der Waals surface area (Å²) < 4.78 is 5.90. The van der Waals surface area contributed by atoms with Gasteiger partial charge in [0.2, 0.25) is 5.89 Å². The summed E-state index contributed by atoms with van der Waals surface area (Å²) in [4.78, 5) is 15.6. The van der Waals surface area contributed by atoms with Crippen molar-refractivity contribution in [3.8, 4) is 11.3 Å². The van der Waals surface area contributed by atoms with Crippen LogP contribution in [0.25, 0.3) is 11.3 Å². The molecule has 0 fully saturated rings. The monoisotopic (exact) mass is 306 g/mol. The molecule has 1 aromatic carbocycles. The van der Waals surface area contributed by atoms with Crippen LogP contribution in [0.2, 0.25) is 0 Å². The lowest BCUT2D eigenvalue weighted by atomic mass is 10.1. The van der Waals surface area contributed by atoms with Crippen LogP contribution < -0.4 is 0 Å². The number of oxazole rings is 1. The van der Waals surface area contributed by atoms with Crippen LogP contribution in [0.15, 0.2) is 47.1 Å². The molecule has 0 radical (unpaired) electrons. The quantitative estimate of drug-likeness (QED) is 0.744. The van der Waals surface area contributed by atoms with Crippen molar-refractivity contribution in [2.24, 2.45) is 0 Å². The van der Waals surface area contributed by atoms with Gasteiger partial charge in [-0.3, -0.25) is 4.90 Å². The lowest BCUT2D eigenvalue weighted by molar-refractivity contribution is 0.218. The van der Waals surface area contributed by atoms with Crippen molar-refractivity contribution in [3.05, 3.63) is 65.7 Å². The molecule has 5 nitrogen and oxygen atoms in total. The Morgan fingerprint density at radius 2 is 2.00 bits per heavy atom. The van der Waals surface area contributed by atoms with E-state index >= 15 is 0 Å². The lowest BCUT2D eigenvalue weighted by Gasteiger charge is -2.26. The van der Waals surface area contributed by atoms with E-state index in [1.165, 1.54) is 5.56 Å². The van der Waals surface area contributed by atoms with E-state index in [1.807, 2.05) is 43.5 Å². The summed E-state index contributed by atoms with van der Waals surface area (Å²) in [6.45, 7) is 4.43. The predicted octanol–water partition coefficient (Wildman–Crippen LogP) is 3.00. The first kappa shape index (κ1) is 14.1. The van der Waals surface area contributed by atoms with Gasteiger partial charge in [-0.1, -0.05) is 30.3 Å². The fourth-order valence-corrected chi connectivity index (χ4v) is 2.90. The Kier molecular flexibility index (Phi) is 3.63. The largest absolute Gasteiger partial charge is 0.439 e. The lowest BCUT2D eigenvalue weighted by Crippen LogP contribution is -2.31. The zero-order valence-electron chi connectivity index (χ0n) is 13.1. The van der Waals surface area contributed by atoms with Gasteiger partial charge in [0.05, 0.1) is 18.4 Å². The zero-order valence-corrected chi connectivity index (χ0v) is 13.1. The molecule has 2 aromatic heterocycles. The first-order chi connectivity index (χ1) is 11.3. The number of aromatic nitrogens is 3. The second-order valence-electron chi connectivity index (χ2n) is 5.83. The van der Waals surface area contributed by atoms with Crippen molar-refractivity contribution in [2.75, 3.05) is 6.54 Å². The van der Waals surface area contributed by atoms with Crippen molar-refractivity contribution in [2.45, 2.75) is 26.4 Å². The fraction of sp³-hybridized carbons (Fsp3) is 0.278. The topological polar surface area (TPSA) is 55.1 Å². The Balaban J connectivity index is 1.48. The molecule has 0 amide bonds. The van der Waals surface area contributed by atoms with Gasteiger partial charge in [0, 0.05) is 24.8 Å². The third kappa shape index (κ3) is 3.00. The number of hydrogen-bond donors (Lipinski definition) is 0. The van der Waals surface area contributed by atoms with E-state index in [0.717, 1.165) is 48.2 Å². The van der Waals surface area contributed by atoms with E-state index in [2.05, 4.69) is 19.9 Å². The van der Waals surface area contributed by atoms with Crippen LogP contribution in [0.4, 0.5) is 0 Å². The molecule has 4 rings (SSSR count). The van der Waals surface area contributed by atoms with Gasteiger partial charge in [0.15, 0.2) is 5.76 Å². The van der Waals surface area contributed by atoms with Gasteiger partial charge < -0.3 is 4.42 Å². The van der Waals surface area contributed by atoms with E-state index in [1.54, 1.807) is 6.20 Å². The van der Waals surface area contributed by atoms with Crippen LogP contribution in [-0.4, -0.2) is 26.4 Å². The number of nitrogens with zero attached hydrogens (tertiary/aromatic N) is 4. The molecular formula is C18H18N4O. The summed E-state index contributed by atoms with van der Waals surface area (Å²) in [5, 5.41) is 0. The Morgan fingerprint density at radius 1 is 1.13 bits per heavy atom. The third-order valence-corrected chi connectivity index (χ3v) is 4.12. The molecule has 0 atom stereocenters. The summed E-state index contributed by atoms with van der Waals surface area (Å²) in [7, 11) is 0. The molecule has 1 aliphatic heterocycles. The highest BCUT2D eigenvalue weighted by molar-refractivity contribution is 5.55. The Morgan fingerprint density at radius 3 is 2.87 bits per heavy atom. The van der Waals surface area contributed by atoms with Crippen molar-refractivity contribution in [1.29, 1.82) is 0 Å². The maximum absolute atomic E-state index is 5.90. The molecular weight excluding hydrogens is 288 g/mol. The second kappa shape index (κ2) is 5.93. The number of fused-ring (bicyclic) bond motifs is 1. The first-order valence-corrected chi connectivity index (χ1v) is 7.82. The predicted molar refractivity (Wildman–Crippen MR) is 86.5 cm³/mol. The average molecular weight is 306 g/mol. The third-order valence-electron chi connectivity index (χ3n) is 4.12. The van der Waals surface area contributed by atoms with E-state index in [9.17, 15) is 0 Å². The normalized spacial score (nSPS) is 14.7. The zero-order chi connectivity index (χ0) is 15.6. The number of rotatable bonds is 3. The Labute approximate surface area is 135 Å². The summed E-state index contributed by atoms with van der Waals surface area (Å²) in [5.74, 6) is 2.39. The van der Waals surface area contributed by atoms with E-state index in [-0.39, 0.29) is 0 Å². The molecule has 3 heterocycles. The molecule has 5 heteroatoms. The minimum absolute atomic E-state index is 0.704. The van der Waals surface area contributed by atoms with Crippen LogP contribution in [-0.2, 0) is 19.5 Å². The standard InChI is InChI=1S/C18H18N4O/c1-13-19-9-15-7-8-22(11-16(15)21-13)12-18-20-10-17(23-18)14-5-3-2-4-6-14/h2-6,9-10H,7-8,11-12H2,1H3. The molecule has 116 valence electrons. The molecule has 0 saturated carbocycles. The molecule has 0 aliphatic carbocycles. The fourth-order valence-electron chi connectivity index (χ4n) is 2.90. The summed E-state index contributed by atoms with van der Waals surface area (Å²) >= 11 is 0. The Bertz CT molecular complexity index is 813. The number of aryl methyl sites for hydroxylation is 1. The average Bonchev–Trinajstić information content (AvgIpc) is 3.04. The minimum Gasteiger partial charge on any atom is -0.439 e. The number of benzene rings is 1. The highest BCUT2D eigenvalue weighted by Gasteiger charge is 2.19.